The van der Waals surface area contributed by atoms with Crippen molar-refractivity contribution in [3.63, 3.8) is 0 Å². The maximum absolute atomic E-state index is 3.68. The van der Waals surface area contributed by atoms with Crippen LogP contribution in [0.4, 0.5) is 0 Å². The Morgan fingerprint density at radius 3 is 2.53 bits per heavy atom. The molecule has 0 saturated carbocycles. The molecule has 1 saturated heterocycles. The lowest BCUT2D eigenvalue weighted by Crippen LogP contribution is -2.47. The minimum atomic E-state index is 0.368. The number of piperidine rings is 1. The second kappa shape index (κ2) is 5.31. The van der Waals surface area contributed by atoms with Gasteiger partial charge in [0.2, 0.25) is 0 Å². The average molecular weight is 212 g/mol. The number of hydrogen-bond acceptors (Lipinski definition) is 2. The zero-order valence-electron chi connectivity index (χ0n) is 11.1. The number of nitrogens with zero attached hydrogens (tertiary/aromatic N) is 1. The van der Waals surface area contributed by atoms with E-state index in [1.54, 1.807) is 0 Å². The van der Waals surface area contributed by atoms with E-state index in [0.717, 1.165) is 12.6 Å². The van der Waals surface area contributed by atoms with Gasteiger partial charge in [-0.25, -0.2) is 0 Å². The fourth-order valence-electron chi connectivity index (χ4n) is 2.02. The molecule has 0 aromatic rings. The van der Waals surface area contributed by atoms with Crippen LogP contribution in [-0.4, -0.2) is 37.1 Å². The van der Waals surface area contributed by atoms with E-state index < -0.39 is 0 Å². The van der Waals surface area contributed by atoms with Crippen LogP contribution in [0, 0.1) is 5.41 Å². The molecule has 1 rings (SSSR count). The summed E-state index contributed by atoms with van der Waals surface area (Å²) in [6, 6.07) is 1.34. The van der Waals surface area contributed by atoms with Crippen molar-refractivity contribution in [2.45, 2.75) is 59.0 Å². The summed E-state index contributed by atoms with van der Waals surface area (Å²) in [6.45, 7) is 11.6. The third kappa shape index (κ3) is 4.12. The molecular weight excluding hydrogens is 184 g/mol. The topological polar surface area (TPSA) is 15.3 Å². The Bertz CT molecular complexity index is 183. The lowest BCUT2D eigenvalue weighted by molar-refractivity contribution is 0.167. The van der Waals surface area contributed by atoms with E-state index in [0.29, 0.717) is 11.5 Å². The second-order valence-corrected chi connectivity index (χ2v) is 6.13. The number of likely N-dealkylation sites (N-methyl/N-ethyl adjacent to an activating group) is 1. The van der Waals surface area contributed by atoms with Gasteiger partial charge < -0.3 is 10.2 Å². The van der Waals surface area contributed by atoms with Crippen molar-refractivity contribution in [2.75, 3.05) is 20.1 Å². The van der Waals surface area contributed by atoms with E-state index >= 15 is 0 Å². The molecule has 2 heteroatoms. The standard InChI is InChI=1S/C13H28N2/c1-11(13(2,3)4)14-10-12-8-6-7-9-15(12)5/h11-12,14H,6-10H2,1-5H3. The lowest BCUT2D eigenvalue weighted by Gasteiger charge is -2.35. The molecule has 90 valence electrons. The molecule has 1 aliphatic rings. The fraction of sp³-hybridized carbons (Fsp3) is 1.00. The van der Waals surface area contributed by atoms with E-state index in [2.05, 4.69) is 45.0 Å². The second-order valence-electron chi connectivity index (χ2n) is 6.13. The smallest absolute Gasteiger partial charge is 0.0217 e. The van der Waals surface area contributed by atoms with Gasteiger partial charge in [-0.2, -0.15) is 0 Å². The Kier molecular flexibility index (Phi) is 4.60. The minimum Gasteiger partial charge on any atom is -0.312 e. The van der Waals surface area contributed by atoms with Gasteiger partial charge in [0.1, 0.15) is 0 Å². The van der Waals surface area contributed by atoms with Gasteiger partial charge in [-0.05, 0) is 38.8 Å². The first-order chi connectivity index (χ1) is 6.91. The summed E-state index contributed by atoms with van der Waals surface area (Å²) >= 11 is 0. The van der Waals surface area contributed by atoms with Crippen molar-refractivity contribution < 1.29 is 0 Å². The van der Waals surface area contributed by atoms with Crippen molar-refractivity contribution in [3.05, 3.63) is 0 Å². The first kappa shape index (κ1) is 13.0. The van der Waals surface area contributed by atoms with E-state index in [1.165, 1.54) is 25.8 Å². The minimum absolute atomic E-state index is 0.368. The molecule has 1 aliphatic heterocycles. The monoisotopic (exact) mass is 212 g/mol. The maximum atomic E-state index is 3.68. The van der Waals surface area contributed by atoms with E-state index in [9.17, 15) is 0 Å². The van der Waals surface area contributed by atoms with Crippen molar-refractivity contribution >= 4 is 0 Å². The lowest BCUT2D eigenvalue weighted by atomic mass is 9.88. The Morgan fingerprint density at radius 1 is 1.33 bits per heavy atom. The number of hydrogen-bond donors (Lipinski definition) is 1. The largest absolute Gasteiger partial charge is 0.312 e. The van der Waals surface area contributed by atoms with E-state index in [4.69, 9.17) is 0 Å². The average Bonchev–Trinajstić information content (AvgIpc) is 2.14. The third-order valence-corrected chi connectivity index (χ3v) is 3.88. The first-order valence-corrected chi connectivity index (χ1v) is 6.35. The molecule has 0 aliphatic carbocycles. The van der Waals surface area contributed by atoms with Gasteiger partial charge in [-0.1, -0.05) is 27.2 Å². The summed E-state index contributed by atoms with van der Waals surface area (Å²) in [4.78, 5) is 2.51. The molecule has 2 unspecified atom stereocenters. The molecule has 0 aromatic carbocycles. The van der Waals surface area contributed by atoms with E-state index in [-0.39, 0.29) is 0 Å². The quantitative estimate of drug-likeness (QED) is 0.773. The van der Waals surface area contributed by atoms with Crippen LogP contribution >= 0.6 is 0 Å². The van der Waals surface area contributed by atoms with Gasteiger partial charge in [0.25, 0.3) is 0 Å². The summed E-state index contributed by atoms with van der Waals surface area (Å²) < 4.78 is 0. The molecule has 2 nitrogen and oxygen atoms in total. The van der Waals surface area contributed by atoms with Crippen LogP contribution in [0.2, 0.25) is 0 Å². The summed E-state index contributed by atoms with van der Waals surface area (Å²) in [5, 5.41) is 3.68. The maximum Gasteiger partial charge on any atom is 0.0217 e. The molecule has 1 heterocycles. The zero-order chi connectivity index (χ0) is 11.5. The van der Waals surface area contributed by atoms with Gasteiger partial charge in [0.05, 0.1) is 0 Å². The molecule has 0 spiro atoms. The number of nitrogens with one attached hydrogen (secondary N) is 1. The van der Waals surface area contributed by atoms with Crippen LogP contribution in [0.15, 0.2) is 0 Å². The summed E-state index contributed by atoms with van der Waals surface area (Å²) in [6.07, 6.45) is 4.14. The molecule has 2 atom stereocenters. The van der Waals surface area contributed by atoms with Crippen LogP contribution in [0.1, 0.15) is 47.0 Å². The zero-order valence-corrected chi connectivity index (χ0v) is 11.1. The predicted molar refractivity (Wildman–Crippen MR) is 67.2 cm³/mol. The molecule has 0 bridgehead atoms. The van der Waals surface area contributed by atoms with Gasteiger partial charge in [0.15, 0.2) is 0 Å². The summed E-state index contributed by atoms with van der Waals surface area (Å²) in [7, 11) is 2.26. The Hall–Kier alpha value is -0.0800. The summed E-state index contributed by atoms with van der Waals surface area (Å²) in [5.41, 5.74) is 0.368. The Morgan fingerprint density at radius 2 is 2.00 bits per heavy atom. The molecular formula is C13H28N2. The molecule has 1 fully saturated rings. The molecule has 15 heavy (non-hydrogen) atoms. The van der Waals surface area contributed by atoms with Crippen molar-refractivity contribution in [1.82, 2.24) is 10.2 Å². The predicted octanol–water partition coefficient (Wildman–Crippen LogP) is 2.49. The highest BCUT2D eigenvalue weighted by Crippen LogP contribution is 2.19. The highest BCUT2D eigenvalue weighted by Gasteiger charge is 2.23. The SMILES string of the molecule is CC(NCC1CCCCN1C)C(C)(C)C. The fourth-order valence-corrected chi connectivity index (χ4v) is 2.02. The van der Waals surface area contributed by atoms with Crippen molar-refractivity contribution in [1.29, 1.82) is 0 Å². The van der Waals surface area contributed by atoms with Gasteiger partial charge in [-0.15, -0.1) is 0 Å². The van der Waals surface area contributed by atoms with Crippen LogP contribution < -0.4 is 5.32 Å². The molecule has 0 aromatic heterocycles. The van der Waals surface area contributed by atoms with Gasteiger partial charge >= 0.3 is 0 Å². The number of likely N-dealkylation sites (tertiary alicyclic amines) is 1. The highest BCUT2D eigenvalue weighted by atomic mass is 15.2. The number of rotatable bonds is 3. The van der Waals surface area contributed by atoms with Crippen LogP contribution in [-0.2, 0) is 0 Å². The Balaban J connectivity index is 2.29. The summed E-state index contributed by atoms with van der Waals surface area (Å²) in [5.74, 6) is 0. The normalized spacial score (nSPS) is 26.6. The highest BCUT2D eigenvalue weighted by molar-refractivity contribution is 4.81. The molecule has 0 radical (unpaired) electrons. The van der Waals surface area contributed by atoms with E-state index in [1.807, 2.05) is 0 Å². The van der Waals surface area contributed by atoms with Crippen LogP contribution in [0.5, 0.6) is 0 Å². The third-order valence-electron chi connectivity index (χ3n) is 3.88. The van der Waals surface area contributed by atoms with Gasteiger partial charge in [-0.3, -0.25) is 0 Å². The molecule has 0 amide bonds. The van der Waals surface area contributed by atoms with Crippen molar-refractivity contribution in [3.8, 4) is 0 Å². The van der Waals surface area contributed by atoms with Crippen LogP contribution in [0.25, 0.3) is 0 Å². The van der Waals surface area contributed by atoms with Crippen molar-refractivity contribution in [2.24, 2.45) is 5.41 Å². The molecule has 1 N–H and O–H groups in total. The van der Waals surface area contributed by atoms with Gasteiger partial charge in [0, 0.05) is 18.6 Å². The Labute approximate surface area is 95.4 Å². The van der Waals surface area contributed by atoms with Crippen LogP contribution in [0.3, 0.4) is 0 Å². The first-order valence-electron chi connectivity index (χ1n) is 6.35.